The number of hydrogen-bond donors (Lipinski definition) is 2. The van der Waals surface area contributed by atoms with Crippen molar-refractivity contribution in [1.82, 2.24) is 5.32 Å². The molecule has 6 nitrogen and oxygen atoms in total. The SMILES string of the molecule is CS(=O)(=O)N1CCc2cc(C(=O)NCCc3ccc(N)cc3)ccc21. The second-order valence-corrected chi connectivity index (χ2v) is 8.08. The van der Waals surface area contributed by atoms with Crippen molar-refractivity contribution in [2.24, 2.45) is 0 Å². The minimum Gasteiger partial charge on any atom is -0.399 e. The summed E-state index contributed by atoms with van der Waals surface area (Å²) in [4.78, 5) is 12.3. The average Bonchev–Trinajstić information content (AvgIpc) is 3.00. The molecule has 0 saturated heterocycles. The van der Waals surface area contributed by atoms with Crippen LogP contribution in [0, 0.1) is 0 Å². The zero-order valence-corrected chi connectivity index (χ0v) is 14.8. The number of amides is 1. The fourth-order valence-corrected chi connectivity index (χ4v) is 3.92. The first-order valence-corrected chi connectivity index (χ1v) is 9.93. The molecule has 2 aromatic rings. The smallest absolute Gasteiger partial charge is 0.251 e. The van der Waals surface area contributed by atoms with E-state index in [4.69, 9.17) is 5.73 Å². The van der Waals surface area contributed by atoms with Crippen molar-refractivity contribution in [1.29, 1.82) is 0 Å². The highest BCUT2D eigenvalue weighted by atomic mass is 32.2. The molecule has 0 saturated carbocycles. The molecule has 3 rings (SSSR count). The molecule has 132 valence electrons. The molecule has 1 amide bonds. The fraction of sp³-hybridized carbons (Fsp3) is 0.278. The number of carbonyl (C=O) groups excluding carboxylic acids is 1. The third-order valence-corrected chi connectivity index (χ3v) is 5.45. The van der Waals surface area contributed by atoms with Gasteiger partial charge >= 0.3 is 0 Å². The van der Waals surface area contributed by atoms with E-state index in [2.05, 4.69) is 5.32 Å². The Morgan fingerprint density at radius 1 is 1.20 bits per heavy atom. The van der Waals surface area contributed by atoms with Gasteiger partial charge in [0.15, 0.2) is 0 Å². The number of nitrogens with zero attached hydrogens (tertiary/aromatic N) is 1. The van der Waals surface area contributed by atoms with Crippen LogP contribution in [0.3, 0.4) is 0 Å². The highest BCUT2D eigenvalue weighted by Crippen LogP contribution is 2.30. The van der Waals surface area contributed by atoms with Gasteiger partial charge in [-0.25, -0.2) is 8.42 Å². The summed E-state index contributed by atoms with van der Waals surface area (Å²) in [6, 6.07) is 12.7. The van der Waals surface area contributed by atoms with Gasteiger partial charge in [-0.1, -0.05) is 12.1 Å². The van der Waals surface area contributed by atoms with Crippen molar-refractivity contribution < 1.29 is 13.2 Å². The minimum absolute atomic E-state index is 0.156. The maximum atomic E-state index is 12.3. The summed E-state index contributed by atoms with van der Waals surface area (Å²) >= 11 is 0. The van der Waals surface area contributed by atoms with Gasteiger partial charge in [-0.2, -0.15) is 0 Å². The van der Waals surface area contributed by atoms with E-state index in [1.807, 2.05) is 24.3 Å². The molecule has 1 heterocycles. The van der Waals surface area contributed by atoms with Gasteiger partial charge in [0.1, 0.15) is 0 Å². The first kappa shape index (κ1) is 17.3. The molecule has 1 aliphatic rings. The topological polar surface area (TPSA) is 92.5 Å². The quantitative estimate of drug-likeness (QED) is 0.793. The average molecular weight is 359 g/mol. The van der Waals surface area contributed by atoms with Gasteiger partial charge in [0.05, 0.1) is 11.9 Å². The summed E-state index contributed by atoms with van der Waals surface area (Å²) < 4.78 is 24.9. The van der Waals surface area contributed by atoms with Gasteiger partial charge in [-0.3, -0.25) is 9.10 Å². The van der Waals surface area contributed by atoms with Crippen LogP contribution in [-0.4, -0.2) is 33.7 Å². The molecule has 1 aliphatic heterocycles. The van der Waals surface area contributed by atoms with Crippen molar-refractivity contribution >= 4 is 27.3 Å². The predicted molar refractivity (Wildman–Crippen MR) is 99.2 cm³/mol. The Kier molecular flexibility index (Phi) is 4.67. The maximum Gasteiger partial charge on any atom is 0.251 e. The lowest BCUT2D eigenvalue weighted by molar-refractivity contribution is 0.0954. The highest BCUT2D eigenvalue weighted by molar-refractivity contribution is 7.92. The number of hydrogen-bond acceptors (Lipinski definition) is 4. The molecule has 0 aromatic heterocycles. The molecule has 0 radical (unpaired) electrons. The minimum atomic E-state index is -3.27. The number of anilines is 2. The van der Waals surface area contributed by atoms with Crippen LogP contribution in [0.25, 0.3) is 0 Å². The number of nitrogens with two attached hydrogens (primary N) is 1. The summed E-state index contributed by atoms with van der Waals surface area (Å²) in [5.74, 6) is -0.156. The van der Waals surface area contributed by atoms with Crippen LogP contribution in [0.15, 0.2) is 42.5 Å². The third-order valence-electron chi connectivity index (χ3n) is 4.27. The van der Waals surface area contributed by atoms with Gasteiger partial charge in [-0.15, -0.1) is 0 Å². The number of nitrogens with one attached hydrogen (secondary N) is 1. The first-order valence-electron chi connectivity index (χ1n) is 8.08. The number of rotatable bonds is 5. The summed E-state index contributed by atoms with van der Waals surface area (Å²) in [6.45, 7) is 0.950. The zero-order chi connectivity index (χ0) is 18.0. The highest BCUT2D eigenvalue weighted by Gasteiger charge is 2.26. The summed E-state index contributed by atoms with van der Waals surface area (Å²) in [5, 5.41) is 2.89. The largest absolute Gasteiger partial charge is 0.399 e. The van der Waals surface area contributed by atoms with Crippen LogP contribution in [0.4, 0.5) is 11.4 Å². The van der Waals surface area contributed by atoms with Gasteiger partial charge < -0.3 is 11.1 Å². The van der Waals surface area contributed by atoms with E-state index < -0.39 is 10.0 Å². The molecule has 0 unspecified atom stereocenters. The number of sulfonamides is 1. The van der Waals surface area contributed by atoms with Crippen LogP contribution in [0.2, 0.25) is 0 Å². The number of fused-ring (bicyclic) bond motifs is 1. The molecule has 3 N–H and O–H groups in total. The van der Waals surface area contributed by atoms with Crippen LogP contribution >= 0.6 is 0 Å². The van der Waals surface area contributed by atoms with E-state index in [1.165, 1.54) is 10.6 Å². The maximum absolute atomic E-state index is 12.3. The molecule has 0 aliphatic carbocycles. The fourth-order valence-electron chi connectivity index (χ4n) is 2.96. The van der Waals surface area contributed by atoms with Crippen LogP contribution in [0.1, 0.15) is 21.5 Å². The lowest BCUT2D eigenvalue weighted by atomic mass is 10.1. The molecule has 0 atom stereocenters. The second kappa shape index (κ2) is 6.76. The van der Waals surface area contributed by atoms with E-state index in [9.17, 15) is 13.2 Å². The second-order valence-electron chi connectivity index (χ2n) is 6.18. The normalized spacial score (nSPS) is 13.6. The summed E-state index contributed by atoms with van der Waals surface area (Å²) in [5.41, 5.74) is 9.57. The summed E-state index contributed by atoms with van der Waals surface area (Å²) in [7, 11) is -3.27. The Bertz CT molecular complexity index is 892. The molecule has 0 bridgehead atoms. The van der Waals surface area contributed by atoms with E-state index in [1.54, 1.807) is 18.2 Å². The number of benzene rings is 2. The summed E-state index contributed by atoms with van der Waals surface area (Å²) in [6.07, 6.45) is 2.54. The Morgan fingerprint density at radius 3 is 2.60 bits per heavy atom. The lowest BCUT2D eigenvalue weighted by Crippen LogP contribution is -2.27. The van der Waals surface area contributed by atoms with E-state index in [0.29, 0.717) is 36.4 Å². The third kappa shape index (κ3) is 3.93. The van der Waals surface area contributed by atoms with E-state index in [-0.39, 0.29) is 5.91 Å². The van der Waals surface area contributed by atoms with Crippen molar-refractivity contribution in [3.8, 4) is 0 Å². The van der Waals surface area contributed by atoms with Crippen molar-refractivity contribution in [2.75, 3.05) is 29.4 Å². The number of carbonyl (C=O) groups is 1. The molecule has 25 heavy (non-hydrogen) atoms. The van der Waals surface area contributed by atoms with Crippen LogP contribution in [0.5, 0.6) is 0 Å². The van der Waals surface area contributed by atoms with Gasteiger partial charge in [0, 0.05) is 24.3 Å². The standard InChI is InChI=1S/C18H21N3O3S/c1-25(23,24)21-11-9-14-12-15(4-7-17(14)21)18(22)20-10-8-13-2-5-16(19)6-3-13/h2-7,12H,8-11,19H2,1H3,(H,20,22). The zero-order valence-electron chi connectivity index (χ0n) is 14.0. The van der Waals surface area contributed by atoms with Gasteiger partial charge in [0.25, 0.3) is 5.91 Å². The van der Waals surface area contributed by atoms with Crippen molar-refractivity contribution in [2.45, 2.75) is 12.8 Å². The van der Waals surface area contributed by atoms with E-state index in [0.717, 1.165) is 17.5 Å². The molecule has 0 fully saturated rings. The molecular weight excluding hydrogens is 338 g/mol. The molecule has 0 spiro atoms. The predicted octanol–water partition coefficient (Wildman–Crippen LogP) is 1.56. The van der Waals surface area contributed by atoms with Crippen molar-refractivity contribution in [3.63, 3.8) is 0 Å². The van der Waals surface area contributed by atoms with Crippen molar-refractivity contribution in [3.05, 3.63) is 59.2 Å². The van der Waals surface area contributed by atoms with Gasteiger partial charge in [0.2, 0.25) is 10.0 Å². The monoisotopic (exact) mass is 359 g/mol. The van der Waals surface area contributed by atoms with Crippen LogP contribution < -0.4 is 15.4 Å². The van der Waals surface area contributed by atoms with Gasteiger partial charge in [-0.05, 0) is 54.3 Å². The molecule has 2 aromatic carbocycles. The Balaban J connectivity index is 1.63. The molecular formula is C18H21N3O3S. The Hall–Kier alpha value is -2.54. The number of nitrogen functional groups attached to an aromatic ring is 1. The lowest BCUT2D eigenvalue weighted by Gasteiger charge is -2.16. The Morgan fingerprint density at radius 2 is 1.92 bits per heavy atom. The molecule has 7 heteroatoms. The van der Waals surface area contributed by atoms with Crippen LogP contribution in [-0.2, 0) is 22.9 Å². The Labute approximate surface area is 147 Å². The van der Waals surface area contributed by atoms with E-state index >= 15 is 0 Å². The first-order chi connectivity index (χ1) is 11.8.